The average molecular weight is 413 g/mol. The predicted octanol–water partition coefficient (Wildman–Crippen LogP) is 3.50. The first-order valence-electron chi connectivity index (χ1n) is 11.2. The largest absolute Gasteiger partial charge is 0.372 e. The summed E-state index contributed by atoms with van der Waals surface area (Å²) in [5.41, 5.74) is 0.975. The molecule has 0 aromatic heterocycles. The van der Waals surface area contributed by atoms with Crippen LogP contribution in [0.2, 0.25) is 0 Å². The zero-order valence-electron chi connectivity index (χ0n) is 17.9. The Hall–Kier alpha value is -2.57. The lowest BCUT2D eigenvalue weighted by Crippen LogP contribution is -2.54. The molecule has 2 saturated heterocycles. The first-order valence-corrected chi connectivity index (χ1v) is 11.2. The van der Waals surface area contributed by atoms with Crippen LogP contribution in [-0.4, -0.2) is 47.4 Å². The molecule has 2 aliphatic heterocycles. The molecule has 1 aromatic carbocycles. The third-order valence-corrected chi connectivity index (χ3v) is 7.07. The molecular weight excluding hydrogens is 380 g/mol. The summed E-state index contributed by atoms with van der Waals surface area (Å²) in [6, 6.07) is 6.45. The molecule has 7 nitrogen and oxygen atoms in total. The number of piperidine rings is 1. The van der Waals surface area contributed by atoms with Crippen molar-refractivity contribution in [2.45, 2.75) is 70.4 Å². The Morgan fingerprint density at radius 2 is 1.80 bits per heavy atom. The van der Waals surface area contributed by atoms with Crippen molar-refractivity contribution in [2.75, 3.05) is 23.3 Å². The maximum absolute atomic E-state index is 13.2. The van der Waals surface area contributed by atoms with Crippen LogP contribution in [0, 0.1) is 5.92 Å². The lowest BCUT2D eigenvalue weighted by Gasteiger charge is -2.37. The van der Waals surface area contributed by atoms with E-state index in [1.807, 2.05) is 31.2 Å². The molecule has 0 bridgehead atoms. The number of urea groups is 1. The van der Waals surface area contributed by atoms with Gasteiger partial charge in [0.25, 0.3) is 5.91 Å². The Morgan fingerprint density at radius 1 is 1.10 bits per heavy atom. The van der Waals surface area contributed by atoms with Gasteiger partial charge in [-0.1, -0.05) is 19.8 Å². The van der Waals surface area contributed by atoms with Crippen molar-refractivity contribution in [1.82, 2.24) is 10.2 Å². The summed E-state index contributed by atoms with van der Waals surface area (Å²) in [6.07, 6.45) is 7.23. The highest BCUT2D eigenvalue weighted by Gasteiger charge is 2.56. The molecule has 2 heterocycles. The molecule has 1 aliphatic carbocycles. The first-order chi connectivity index (χ1) is 14.4. The molecule has 1 aromatic rings. The van der Waals surface area contributed by atoms with Gasteiger partial charge >= 0.3 is 6.03 Å². The van der Waals surface area contributed by atoms with E-state index in [0.717, 1.165) is 42.9 Å². The van der Waals surface area contributed by atoms with Gasteiger partial charge in [0.05, 0.1) is 0 Å². The fourth-order valence-electron chi connectivity index (χ4n) is 5.09. The van der Waals surface area contributed by atoms with E-state index in [1.165, 1.54) is 19.3 Å². The van der Waals surface area contributed by atoms with Crippen LogP contribution in [0.25, 0.3) is 0 Å². The molecule has 0 unspecified atom stereocenters. The molecule has 7 heteroatoms. The van der Waals surface area contributed by atoms with E-state index >= 15 is 0 Å². The molecule has 30 heavy (non-hydrogen) atoms. The van der Waals surface area contributed by atoms with E-state index < -0.39 is 17.6 Å². The second-order valence-corrected chi connectivity index (χ2v) is 8.98. The predicted molar refractivity (Wildman–Crippen MR) is 116 cm³/mol. The smallest absolute Gasteiger partial charge is 0.325 e. The highest BCUT2D eigenvalue weighted by molar-refractivity contribution is 6.11. The molecule has 4 rings (SSSR count). The summed E-state index contributed by atoms with van der Waals surface area (Å²) >= 11 is 0. The van der Waals surface area contributed by atoms with Gasteiger partial charge in [0.15, 0.2) is 0 Å². The van der Waals surface area contributed by atoms with Crippen LogP contribution in [0.4, 0.5) is 16.2 Å². The van der Waals surface area contributed by atoms with Gasteiger partial charge in [0.1, 0.15) is 11.6 Å². The van der Waals surface area contributed by atoms with E-state index in [2.05, 4.69) is 15.5 Å². The Bertz CT molecular complexity index is 818. The highest BCUT2D eigenvalue weighted by atomic mass is 16.2. The molecule has 162 valence electrons. The molecule has 0 radical (unpaired) electrons. The van der Waals surface area contributed by atoms with Gasteiger partial charge in [0, 0.05) is 24.5 Å². The van der Waals surface area contributed by atoms with Crippen LogP contribution >= 0.6 is 0 Å². The molecule has 1 spiro atoms. The Balaban J connectivity index is 1.42. The third-order valence-electron chi connectivity index (χ3n) is 7.07. The number of rotatable bonds is 4. The third kappa shape index (κ3) is 3.66. The number of carbonyl (C=O) groups excluding carboxylic acids is 3. The number of imide groups is 1. The average Bonchev–Trinajstić information content (AvgIpc) is 3.01. The molecule has 3 aliphatic rings. The van der Waals surface area contributed by atoms with Crippen molar-refractivity contribution in [3.8, 4) is 0 Å². The Morgan fingerprint density at radius 3 is 2.47 bits per heavy atom. The molecule has 3 atom stereocenters. The topological polar surface area (TPSA) is 81.8 Å². The fraction of sp³-hybridized carbons (Fsp3) is 0.609. The summed E-state index contributed by atoms with van der Waals surface area (Å²) < 4.78 is 0. The molecule has 3 fully saturated rings. The number of benzene rings is 1. The second kappa shape index (κ2) is 8.28. The molecule has 2 N–H and O–H groups in total. The van der Waals surface area contributed by atoms with Crippen molar-refractivity contribution in [2.24, 2.45) is 5.92 Å². The van der Waals surface area contributed by atoms with E-state index in [-0.39, 0.29) is 17.7 Å². The van der Waals surface area contributed by atoms with Crippen molar-refractivity contribution >= 4 is 29.2 Å². The van der Waals surface area contributed by atoms with E-state index in [1.54, 1.807) is 6.92 Å². The number of hydrogen-bond donors (Lipinski definition) is 2. The monoisotopic (exact) mass is 412 g/mol. The number of amides is 4. The number of carbonyl (C=O) groups is 3. The van der Waals surface area contributed by atoms with Crippen LogP contribution in [0.5, 0.6) is 0 Å². The molecule has 4 amide bonds. The van der Waals surface area contributed by atoms with Crippen molar-refractivity contribution < 1.29 is 14.4 Å². The maximum Gasteiger partial charge on any atom is 0.325 e. The van der Waals surface area contributed by atoms with Crippen LogP contribution in [0.15, 0.2) is 24.3 Å². The zero-order valence-corrected chi connectivity index (χ0v) is 17.9. The van der Waals surface area contributed by atoms with Gasteiger partial charge in [-0.15, -0.1) is 0 Å². The normalized spacial score (nSPS) is 27.9. The van der Waals surface area contributed by atoms with Crippen LogP contribution < -0.4 is 15.5 Å². The fourth-order valence-corrected chi connectivity index (χ4v) is 5.09. The minimum absolute atomic E-state index is 0.0743. The molecular formula is C23H32N4O3. The second-order valence-electron chi connectivity index (χ2n) is 8.98. The summed E-state index contributed by atoms with van der Waals surface area (Å²) in [7, 11) is 0. The van der Waals surface area contributed by atoms with Gasteiger partial charge in [-0.25, -0.2) is 9.69 Å². The number of nitrogens with zero attached hydrogens (tertiary/aromatic N) is 2. The van der Waals surface area contributed by atoms with E-state index in [9.17, 15) is 14.4 Å². The van der Waals surface area contributed by atoms with Crippen LogP contribution in [-0.2, 0) is 9.59 Å². The number of hydrogen-bond acceptors (Lipinski definition) is 4. The van der Waals surface area contributed by atoms with Gasteiger partial charge in [-0.2, -0.15) is 0 Å². The minimum Gasteiger partial charge on any atom is -0.372 e. The van der Waals surface area contributed by atoms with E-state index in [4.69, 9.17) is 0 Å². The highest BCUT2D eigenvalue weighted by Crippen LogP contribution is 2.38. The first kappa shape index (κ1) is 20.7. The minimum atomic E-state index is -0.868. The Kier molecular flexibility index (Phi) is 5.71. The summed E-state index contributed by atoms with van der Waals surface area (Å²) in [5.74, 6) is -0.544. The zero-order chi connectivity index (χ0) is 21.3. The quantitative estimate of drug-likeness (QED) is 0.742. The molecule has 1 saturated carbocycles. The number of nitrogens with one attached hydrogen (secondary N) is 2. The Labute approximate surface area is 178 Å². The van der Waals surface area contributed by atoms with Gasteiger partial charge < -0.3 is 15.5 Å². The van der Waals surface area contributed by atoms with Gasteiger partial charge in [-0.3, -0.25) is 9.59 Å². The SMILES string of the molecule is C[C@H](C(=O)Nc1ccc(N2CCCCC2)cc1)N1C(=O)N[C@]2(CCCC[C@H]2C)C1=O. The van der Waals surface area contributed by atoms with Gasteiger partial charge in [0.2, 0.25) is 5.91 Å². The van der Waals surface area contributed by atoms with Gasteiger partial charge in [-0.05, 0) is 69.2 Å². The van der Waals surface area contributed by atoms with Crippen molar-refractivity contribution in [3.63, 3.8) is 0 Å². The van der Waals surface area contributed by atoms with Crippen LogP contribution in [0.1, 0.15) is 58.8 Å². The van der Waals surface area contributed by atoms with Crippen LogP contribution in [0.3, 0.4) is 0 Å². The number of anilines is 2. The summed E-state index contributed by atoms with van der Waals surface area (Å²) in [5, 5.41) is 5.78. The lowest BCUT2D eigenvalue weighted by molar-refractivity contribution is -0.138. The summed E-state index contributed by atoms with van der Waals surface area (Å²) in [4.78, 5) is 42.1. The maximum atomic E-state index is 13.2. The summed E-state index contributed by atoms with van der Waals surface area (Å²) in [6.45, 7) is 5.75. The lowest BCUT2D eigenvalue weighted by atomic mass is 9.73. The van der Waals surface area contributed by atoms with E-state index in [0.29, 0.717) is 12.1 Å². The van der Waals surface area contributed by atoms with Crippen molar-refractivity contribution in [1.29, 1.82) is 0 Å². The standard InChI is InChI=1S/C23H32N4O3/c1-16-8-4-5-13-23(16)21(29)27(22(30)25-23)17(2)20(28)24-18-9-11-19(12-10-18)26-14-6-3-7-15-26/h9-12,16-17H,3-8,13-15H2,1-2H3,(H,24,28)(H,25,30)/t16-,17-,23+/m1/s1. The van der Waals surface area contributed by atoms with Crippen molar-refractivity contribution in [3.05, 3.63) is 24.3 Å².